The van der Waals surface area contributed by atoms with E-state index in [1.165, 1.54) is 6.92 Å². The Labute approximate surface area is 58.2 Å². The number of rotatable bonds is 1. The summed E-state index contributed by atoms with van der Waals surface area (Å²) < 4.78 is -1.07. The van der Waals surface area contributed by atoms with Crippen molar-refractivity contribution in [2.45, 2.75) is 10.2 Å². The Morgan fingerprint density at radius 1 is 1.71 bits per heavy atom. The minimum Gasteiger partial charge on any atom is -0.548 e. The molecule has 0 aliphatic carbocycles. The van der Waals surface area contributed by atoms with Crippen LogP contribution in [-0.4, -0.2) is 9.20 Å². The molecule has 0 aliphatic rings. The second-order valence-corrected chi connectivity index (χ2v) is 5.41. The summed E-state index contributed by atoms with van der Waals surface area (Å²) in [7, 11) is 0. The van der Waals surface area contributed by atoms with E-state index in [1.54, 1.807) is 0 Å². The van der Waals surface area contributed by atoms with Crippen LogP contribution in [0.4, 0.5) is 0 Å². The third kappa shape index (κ3) is 3.05. The van der Waals surface area contributed by atoms with Crippen LogP contribution in [0.2, 0.25) is 0 Å². The van der Waals surface area contributed by atoms with Crippen LogP contribution in [-0.2, 0) is 4.79 Å². The second-order valence-electron chi connectivity index (χ2n) is 1.18. The predicted molar refractivity (Wildman–Crippen MR) is 31.3 cm³/mol. The van der Waals surface area contributed by atoms with Crippen molar-refractivity contribution in [3.8, 4) is 0 Å². The van der Waals surface area contributed by atoms with Gasteiger partial charge in [-0.1, -0.05) is 31.9 Å². The Morgan fingerprint density at radius 2 is 1.86 bits per heavy atom. The minimum absolute atomic E-state index is 1.07. The second kappa shape index (κ2) is 2.13. The average molecular weight is 231 g/mol. The largest absolute Gasteiger partial charge is 0.548 e. The van der Waals surface area contributed by atoms with E-state index in [1.807, 2.05) is 0 Å². The first-order valence-corrected chi connectivity index (χ1v) is 3.12. The number of carbonyl (C=O) groups excluding carboxylic acids is 1. The third-order valence-electron chi connectivity index (χ3n) is 0.358. The molecule has 4 heteroatoms. The van der Waals surface area contributed by atoms with Crippen LogP contribution in [0.5, 0.6) is 0 Å². The highest BCUT2D eigenvalue weighted by atomic mass is 79.9. The van der Waals surface area contributed by atoms with Crippen molar-refractivity contribution in [2.75, 3.05) is 0 Å². The molecular formula is C3H3Br2O2-. The van der Waals surface area contributed by atoms with Gasteiger partial charge >= 0.3 is 0 Å². The molecule has 0 aromatic heterocycles. The third-order valence-corrected chi connectivity index (χ3v) is 1.01. The molecule has 42 valence electrons. The Morgan fingerprint density at radius 3 is 1.86 bits per heavy atom. The lowest BCUT2D eigenvalue weighted by Crippen LogP contribution is -2.36. The van der Waals surface area contributed by atoms with Crippen LogP contribution in [0.15, 0.2) is 0 Å². The van der Waals surface area contributed by atoms with Gasteiger partial charge < -0.3 is 9.90 Å². The van der Waals surface area contributed by atoms with E-state index in [2.05, 4.69) is 31.9 Å². The zero-order valence-electron chi connectivity index (χ0n) is 3.57. The summed E-state index contributed by atoms with van der Waals surface area (Å²) in [5.74, 6) is -1.17. The van der Waals surface area contributed by atoms with Crippen LogP contribution in [0.1, 0.15) is 6.92 Å². The molecular weight excluding hydrogens is 228 g/mol. The van der Waals surface area contributed by atoms with E-state index in [-0.39, 0.29) is 0 Å². The fraction of sp³-hybridized carbons (Fsp3) is 0.667. The first-order chi connectivity index (χ1) is 2.94. The Kier molecular flexibility index (Phi) is 2.26. The molecule has 0 atom stereocenters. The summed E-state index contributed by atoms with van der Waals surface area (Å²) in [4.78, 5) is 9.82. The first-order valence-electron chi connectivity index (χ1n) is 1.54. The monoisotopic (exact) mass is 229 g/mol. The maximum atomic E-state index is 9.82. The van der Waals surface area contributed by atoms with E-state index in [0.29, 0.717) is 0 Å². The van der Waals surface area contributed by atoms with Gasteiger partial charge in [0.1, 0.15) is 3.23 Å². The summed E-state index contributed by atoms with van der Waals surface area (Å²) in [5, 5.41) is 9.82. The first kappa shape index (κ1) is 7.43. The molecule has 2 nitrogen and oxygen atoms in total. The number of carboxylic acids is 1. The highest BCUT2D eigenvalue weighted by Crippen LogP contribution is 2.23. The van der Waals surface area contributed by atoms with Gasteiger partial charge in [-0.15, -0.1) is 0 Å². The smallest absolute Gasteiger partial charge is 0.117 e. The number of aliphatic carboxylic acids is 1. The molecule has 0 aromatic rings. The highest BCUT2D eigenvalue weighted by molar-refractivity contribution is 9.25. The summed E-state index contributed by atoms with van der Waals surface area (Å²) in [6.45, 7) is 1.43. The quantitative estimate of drug-likeness (QED) is 0.606. The molecule has 0 spiro atoms. The van der Waals surface area contributed by atoms with Crippen LogP contribution in [0.25, 0.3) is 0 Å². The number of halogens is 2. The lowest BCUT2D eigenvalue weighted by atomic mass is 10.5. The fourth-order valence-corrected chi connectivity index (χ4v) is 0. The van der Waals surface area contributed by atoms with Gasteiger partial charge in [0.2, 0.25) is 0 Å². The number of hydrogen-bond acceptors (Lipinski definition) is 2. The van der Waals surface area contributed by atoms with E-state index in [4.69, 9.17) is 0 Å². The Bertz CT molecular complexity index is 83.4. The van der Waals surface area contributed by atoms with Crippen molar-refractivity contribution >= 4 is 37.8 Å². The van der Waals surface area contributed by atoms with Gasteiger partial charge in [-0.05, 0) is 6.92 Å². The van der Waals surface area contributed by atoms with Gasteiger partial charge in [0, 0.05) is 0 Å². The zero-order valence-corrected chi connectivity index (χ0v) is 6.74. The number of carbonyl (C=O) groups is 1. The van der Waals surface area contributed by atoms with Crippen molar-refractivity contribution < 1.29 is 9.90 Å². The molecule has 0 aliphatic heterocycles. The molecule has 0 aromatic carbocycles. The number of hydrogen-bond donors (Lipinski definition) is 0. The molecule has 0 fully saturated rings. The minimum atomic E-state index is -1.17. The van der Waals surface area contributed by atoms with E-state index in [0.717, 1.165) is 0 Å². The SMILES string of the molecule is CC(Br)(Br)C(=O)[O-]. The molecule has 0 bridgehead atoms. The molecule has 0 unspecified atom stereocenters. The van der Waals surface area contributed by atoms with E-state index in [9.17, 15) is 9.90 Å². The van der Waals surface area contributed by atoms with Crippen molar-refractivity contribution in [3.05, 3.63) is 0 Å². The molecule has 0 rings (SSSR count). The molecule has 0 N–H and O–H groups in total. The van der Waals surface area contributed by atoms with Gasteiger partial charge in [0.15, 0.2) is 0 Å². The maximum absolute atomic E-state index is 9.82. The van der Waals surface area contributed by atoms with Gasteiger partial charge in [0.05, 0.1) is 5.97 Å². The van der Waals surface area contributed by atoms with Crippen LogP contribution in [0, 0.1) is 0 Å². The van der Waals surface area contributed by atoms with Gasteiger partial charge in [-0.3, -0.25) is 0 Å². The molecule has 7 heavy (non-hydrogen) atoms. The normalized spacial score (nSPS) is 11.3. The fourth-order valence-electron chi connectivity index (χ4n) is 0. The van der Waals surface area contributed by atoms with Gasteiger partial charge in [-0.2, -0.15) is 0 Å². The van der Waals surface area contributed by atoms with Crippen molar-refractivity contribution in [1.29, 1.82) is 0 Å². The van der Waals surface area contributed by atoms with Crippen molar-refractivity contribution in [1.82, 2.24) is 0 Å². The Balaban J connectivity index is 3.79. The predicted octanol–water partition coefficient (Wildman–Crippen LogP) is 0.242. The van der Waals surface area contributed by atoms with E-state index >= 15 is 0 Å². The maximum Gasteiger partial charge on any atom is 0.117 e. The summed E-state index contributed by atoms with van der Waals surface area (Å²) in [6, 6.07) is 0. The molecule has 0 amide bonds. The van der Waals surface area contributed by atoms with Gasteiger partial charge in [0.25, 0.3) is 0 Å². The Hall–Kier alpha value is 0.430. The number of alkyl halides is 2. The average Bonchev–Trinajstić information content (AvgIpc) is 1.31. The zero-order chi connectivity index (χ0) is 6.08. The topological polar surface area (TPSA) is 40.1 Å². The van der Waals surface area contributed by atoms with Crippen LogP contribution < -0.4 is 5.11 Å². The molecule has 0 saturated carbocycles. The van der Waals surface area contributed by atoms with E-state index < -0.39 is 9.20 Å². The summed E-state index contributed by atoms with van der Waals surface area (Å²) in [6.07, 6.45) is 0. The van der Waals surface area contributed by atoms with Crippen molar-refractivity contribution in [3.63, 3.8) is 0 Å². The summed E-state index contributed by atoms with van der Waals surface area (Å²) >= 11 is 5.59. The van der Waals surface area contributed by atoms with Crippen LogP contribution in [0.3, 0.4) is 0 Å². The standard InChI is InChI=1S/C3H4Br2O2/c1-3(4,5)2(6)7/h1H3,(H,6,7)/p-1. The summed E-state index contributed by atoms with van der Waals surface area (Å²) in [5.41, 5.74) is 0. The lowest BCUT2D eigenvalue weighted by Gasteiger charge is -2.13. The molecule has 0 saturated heterocycles. The van der Waals surface area contributed by atoms with Crippen molar-refractivity contribution in [2.24, 2.45) is 0 Å². The van der Waals surface area contributed by atoms with Gasteiger partial charge in [-0.25, -0.2) is 0 Å². The highest BCUT2D eigenvalue weighted by Gasteiger charge is 2.14. The molecule has 0 heterocycles. The lowest BCUT2D eigenvalue weighted by molar-refractivity contribution is -0.305. The number of carboxylic acid groups (broad SMARTS) is 1. The molecule has 0 radical (unpaired) electrons. The van der Waals surface area contributed by atoms with Crippen LogP contribution >= 0.6 is 31.9 Å².